The summed E-state index contributed by atoms with van der Waals surface area (Å²) in [6, 6.07) is 4.89. The summed E-state index contributed by atoms with van der Waals surface area (Å²) in [5.41, 5.74) is 0.367. The Morgan fingerprint density at radius 2 is 2.15 bits per heavy atom. The van der Waals surface area contributed by atoms with Crippen LogP contribution in [0.15, 0.2) is 24.3 Å². The molecule has 1 amide bonds. The van der Waals surface area contributed by atoms with Crippen molar-refractivity contribution in [3.8, 4) is 11.5 Å². The molecule has 1 aliphatic heterocycles. The molecule has 1 aromatic carbocycles. The fraction of sp³-hybridized carbons (Fsp3) is 0.526. The van der Waals surface area contributed by atoms with Crippen LogP contribution in [0.2, 0.25) is 0 Å². The molecule has 2 fully saturated rings. The van der Waals surface area contributed by atoms with Gasteiger partial charge in [0.2, 0.25) is 5.91 Å². The highest BCUT2D eigenvalue weighted by Crippen LogP contribution is 2.33. The van der Waals surface area contributed by atoms with E-state index in [0.717, 1.165) is 25.7 Å². The van der Waals surface area contributed by atoms with Crippen LogP contribution in [-0.4, -0.2) is 49.8 Å². The summed E-state index contributed by atoms with van der Waals surface area (Å²) in [6.07, 6.45) is 7.12. The van der Waals surface area contributed by atoms with Crippen molar-refractivity contribution in [1.29, 1.82) is 0 Å². The third-order valence-corrected chi connectivity index (χ3v) is 4.86. The molecule has 1 saturated heterocycles. The summed E-state index contributed by atoms with van der Waals surface area (Å²) in [5, 5.41) is 0. The fourth-order valence-corrected chi connectivity index (χ4v) is 3.67. The van der Waals surface area contributed by atoms with E-state index in [-0.39, 0.29) is 29.6 Å². The van der Waals surface area contributed by atoms with Crippen molar-refractivity contribution in [2.45, 2.75) is 44.4 Å². The number of ether oxygens (including phenoxy) is 3. The number of morpholine rings is 1. The number of carbonyl (C=O) groups is 1. The Morgan fingerprint density at radius 3 is 2.92 bits per heavy atom. The Bertz CT molecular complexity index is 663. The number of hydrogen-bond acceptors (Lipinski definition) is 4. The van der Waals surface area contributed by atoms with E-state index < -0.39 is 6.61 Å². The first-order chi connectivity index (χ1) is 12.6. The number of hydrogen-bond donors (Lipinski definition) is 0. The fourth-order valence-electron chi connectivity index (χ4n) is 3.67. The Labute approximate surface area is 151 Å². The number of alkyl halides is 2. The molecule has 2 unspecified atom stereocenters. The summed E-state index contributed by atoms with van der Waals surface area (Å²) in [7, 11) is 1.38. The quantitative estimate of drug-likeness (QED) is 0.748. The summed E-state index contributed by atoms with van der Waals surface area (Å²) < 4.78 is 40.8. The molecule has 0 radical (unpaired) electrons. The second-order valence-electron chi connectivity index (χ2n) is 6.38. The van der Waals surface area contributed by atoms with Crippen molar-refractivity contribution in [3.63, 3.8) is 0 Å². The number of rotatable bonds is 5. The van der Waals surface area contributed by atoms with Gasteiger partial charge in [-0.05, 0) is 25.0 Å². The minimum absolute atomic E-state index is 0.0772. The SMILES string of the molecule is COc1cccc(/C=C/C(=O)N2CCOC3CCCCC32)c1OC(F)F. The largest absolute Gasteiger partial charge is 0.493 e. The van der Waals surface area contributed by atoms with Crippen molar-refractivity contribution in [3.05, 3.63) is 29.8 Å². The van der Waals surface area contributed by atoms with Crippen molar-refractivity contribution in [1.82, 2.24) is 4.90 Å². The van der Waals surface area contributed by atoms with E-state index in [1.807, 2.05) is 4.90 Å². The molecule has 26 heavy (non-hydrogen) atoms. The average Bonchev–Trinajstić information content (AvgIpc) is 2.66. The van der Waals surface area contributed by atoms with Crippen LogP contribution in [0.3, 0.4) is 0 Å². The second-order valence-corrected chi connectivity index (χ2v) is 6.38. The molecule has 0 bridgehead atoms. The van der Waals surface area contributed by atoms with E-state index in [1.165, 1.54) is 25.3 Å². The molecule has 0 N–H and O–H groups in total. The number of halogens is 2. The highest BCUT2D eigenvalue weighted by molar-refractivity contribution is 5.92. The maximum absolute atomic E-state index is 12.7. The minimum Gasteiger partial charge on any atom is -0.493 e. The Morgan fingerprint density at radius 1 is 1.35 bits per heavy atom. The summed E-state index contributed by atoms with van der Waals surface area (Å²) in [4.78, 5) is 14.5. The molecular formula is C19H23F2NO4. The van der Waals surface area contributed by atoms with Crippen molar-refractivity contribution < 1.29 is 27.8 Å². The Balaban J connectivity index is 1.77. The summed E-state index contributed by atoms with van der Waals surface area (Å²) >= 11 is 0. The minimum atomic E-state index is -2.98. The zero-order valence-electron chi connectivity index (χ0n) is 14.7. The standard InChI is InChI=1S/C19H23F2NO4/c1-24-16-8-4-5-13(18(16)26-19(20)21)9-10-17(23)22-11-12-25-15-7-3-2-6-14(15)22/h4-5,8-10,14-15,19H,2-3,6-7,11-12H2,1H3/b10-9+. The molecule has 2 atom stereocenters. The Kier molecular flexibility index (Phi) is 6.08. The lowest BCUT2D eigenvalue weighted by atomic mass is 9.90. The molecule has 1 saturated carbocycles. The molecule has 2 aliphatic rings. The number of carbonyl (C=O) groups excluding carboxylic acids is 1. The molecule has 1 aromatic rings. The van der Waals surface area contributed by atoms with Gasteiger partial charge in [-0.2, -0.15) is 8.78 Å². The first-order valence-electron chi connectivity index (χ1n) is 8.82. The van der Waals surface area contributed by atoms with Gasteiger partial charge in [-0.25, -0.2) is 0 Å². The van der Waals surface area contributed by atoms with Gasteiger partial charge in [-0.1, -0.05) is 25.0 Å². The average molecular weight is 367 g/mol. The third kappa shape index (κ3) is 4.15. The van der Waals surface area contributed by atoms with Gasteiger partial charge in [-0.3, -0.25) is 4.79 Å². The number of para-hydroxylation sites is 1. The van der Waals surface area contributed by atoms with Gasteiger partial charge in [0.15, 0.2) is 11.5 Å². The van der Waals surface area contributed by atoms with Crippen LogP contribution in [-0.2, 0) is 9.53 Å². The van der Waals surface area contributed by atoms with Crippen LogP contribution < -0.4 is 9.47 Å². The van der Waals surface area contributed by atoms with Crippen LogP contribution in [0.5, 0.6) is 11.5 Å². The molecule has 3 rings (SSSR count). The van der Waals surface area contributed by atoms with Crippen molar-refractivity contribution in [2.75, 3.05) is 20.3 Å². The molecule has 142 valence electrons. The topological polar surface area (TPSA) is 48.0 Å². The van der Waals surface area contributed by atoms with Gasteiger partial charge in [0.1, 0.15) is 0 Å². The molecule has 1 heterocycles. The molecule has 5 nitrogen and oxygen atoms in total. The zero-order chi connectivity index (χ0) is 18.5. The number of benzene rings is 1. The zero-order valence-corrected chi connectivity index (χ0v) is 14.7. The van der Waals surface area contributed by atoms with Crippen molar-refractivity contribution >= 4 is 12.0 Å². The molecular weight excluding hydrogens is 344 g/mol. The molecule has 0 aromatic heterocycles. The third-order valence-electron chi connectivity index (χ3n) is 4.86. The van der Waals surface area contributed by atoms with E-state index in [4.69, 9.17) is 9.47 Å². The van der Waals surface area contributed by atoms with E-state index in [9.17, 15) is 13.6 Å². The van der Waals surface area contributed by atoms with Crippen LogP contribution in [0.1, 0.15) is 31.2 Å². The molecule has 0 spiro atoms. The van der Waals surface area contributed by atoms with Gasteiger partial charge in [0, 0.05) is 18.2 Å². The lowest BCUT2D eigenvalue weighted by molar-refractivity contribution is -0.144. The lowest BCUT2D eigenvalue weighted by Gasteiger charge is -2.43. The Hall–Kier alpha value is -2.15. The smallest absolute Gasteiger partial charge is 0.387 e. The molecule has 7 heteroatoms. The van der Waals surface area contributed by atoms with E-state index in [0.29, 0.717) is 18.7 Å². The summed E-state index contributed by atoms with van der Waals surface area (Å²) in [6.45, 7) is -1.90. The number of fused-ring (bicyclic) bond motifs is 1. The van der Waals surface area contributed by atoms with Gasteiger partial charge < -0.3 is 19.1 Å². The normalized spacial score (nSPS) is 23.2. The van der Waals surface area contributed by atoms with E-state index in [1.54, 1.807) is 12.1 Å². The van der Waals surface area contributed by atoms with Gasteiger partial charge in [0.05, 0.1) is 25.9 Å². The number of nitrogens with zero attached hydrogens (tertiary/aromatic N) is 1. The first kappa shape index (κ1) is 18.6. The van der Waals surface area contributed by atoms with Gasteiger partial charge in [-0.15, -0.1) is 0 Å². The van der Waals surface area contributed by atoms with Crippen LogP contribution in [0, 0.1) is 0 Å². The van der Waals surface area contributed by atoms with Crippen LogP contribution >= 0.6 is 0 Å². The van der Waals surface area contributed by atoms with Crippen molar-refractivity contribution in [2.24, 2.45) is 0 Å². The summed E-state index contributed by atoms with van der Waals surface area (Å²) in [5.74, 6) is -0.0267. The van der Waals surface area contributed by atoms with E-state index >= 15 is 0 Å². The van der Waals surface area contributed by atoms with Crippen LogP contribution in [0.4, 0.5) is 8.78 Å². The van der Waals surface area contributed by atoms with Gasteiger partial charge >= 0.3 is 6.61 Å². The monoisotopic (exact) mass is 367 g/mol. The van der Waals surface area contributed by atoms with Gasteiger partial charge in [0.25, 0.3) is 0 Å². The highest BCUT2D eigenvalue weighted by Gasteiger charge is 2.35. The number of methoxy groups -OCH3 is 1. The van der Waals surface area contributed by atoms with E-state index in [2.05, 4.69) is 4.74 Å². The predicted octanol–water partition coefficient (Wildman–Crippen LogP) is 3.48. The maximum Gasteiger partial charge on any atom is 0.387 e. The maximum atomic E-state index is 12.7. The predicted molar refractivity (Wildman–Crippen MR) is 92.4 cm³/mol. The number of amides is 1. The second kappa shape index (κ2) is 8.49. The molecule has 1 aliphatic carbocycles. The van der Waals surface area contributed by atoms with Crippen LogP contribution in [0.25, 0.3) is 6.08 Å². The lowest BCUT2D eigenvalue weighted by Crippen LogP contribution is -2.54. The highest BCUT2D eigenvalue weighted by atomic mass is 19.3. The first-order valence-corrected chi connectivity index (χ1v) is 8.82.